The summed E-state index contributed by atoms with van der Waals surface area (Å²) < 4.78 is 15.0. The molecule has 0 radical (unpaired) electrons. The fourth-order valence-corrected chi connectivity index (χ4v) is 4.80. The molecule has 2 saturated heterocycles. The molecule has 6 nitrogen and oxygen atoms in total. The fraction of sp³-hybridized carbons (Fsp3) is 0.560. The number of hydrogen-bond acceptors (Lipinski definition) is 5. The molecule has 1 amide bonds. The van der Waals surface area contributed by atoms with E-state index < -0.39 is 0 Å². The molecule has 0 saturated carbocycles. The van der Waals surface area contributed by atoms with Crippen molar-refractivity contribution in [1.29, 1.82) is 0 Å². The standard InChI is InChI=1S/C25H34FN5O/c1-18-21(25(32)29(2)3)16-27-24(28-18)23-9-5-8-14-31(23)17-19-10-11-20(15-22(19)26)30-12-6-4-7-13-30/h10-11,15-16,23H,4-9,12-14,17H2,1-3H3/t23-/m1/s1. The number of likely N-dealkylation sites (tertiary alicyclic amines) is 1. The molecular formula is C25H34FN5O. The number of nitrogens with zero attached hydrogens (tertiary/aromatic N) is 5. The lowest BCUT2D eigenvalue weighted by atomic mass is 9.99. The molecule has 1 aromatic carbocycles. The molecule has 2 aliphatic heterocycles. The van der Waals surface area contributed by atoms with Gasteiger partial charge in [-0.3, -0.25) is 9.69 Å². The van der Waals surface area contributed by atoms with E-state index in [0.29, 0.717) is 23.4 Å². The van der Waals surface area contributed by atoms with Crippen LogP contribution in [0.4, 0.5) is 10.1 Å². The van der Waals surface area contributed by atoms with Crippen molar-refractivity contribution < 1.29 is 9.18 Å². The molecule has 1 aromatic heterocycles. The summed E-state index contributed by atoms with van der Waals surface area (Å²) in [6.07, 6.45) is 8.38. The predicted octanol–water partition coefficient (Wildman–Crippen LogP) is 4.34. The van der Waals surface area contributed by atoms with Crippen LogP contribution >= 0.6 is 0 Å². The Morgan fingerprint density at radius 1 is 1.12 bits per heavy atom. The van der Waals surface area contributed by atoms with Crippen LogP contribution < -0.4 is 4.90 Å². The zero-order valence-electron chi connectivity index (χ0n) is 19.5. The van der Waals surface area contributed by atoms with Crippen LogP contribution in [0.3, 0.4) is 0 Å². The van der Waals surface area contributed by atoms with Crippen molar-refractivity contribution in [1.82, 2.24) is 19.8 Å². The number of piperidine rings is 2. The maximum Gasteiger partial charge on any atom is 0.256 e. The number of carbonyl (C=O) groups excluding carboxylic acids is 1. The van der Waals surface area contributed by atoms with Crippen molar-refractivity contribution in [3.8, 4) is 0 Å². The zero-order chi connectivity index (χ0) is 22.7. The van der Waals surface area contributed by atoms with Gasteiger partial charge in [0.1, 0.15) is 11.6 Å². The first-order chi connectivity index (χ1) is 15.4. The average Bonchev–Trinajstić information content (AvgIpc) is 2.80. The van der Waals surface area contributed by atoms with Crippen LogP contribution in [0.2, 0.25) is 0 Å². The predicted molar refractivity (Wildman–Crippen MR) is 124 cm³/mol. The van der Waals surface area contributed by atoms with Crippen LogP contribution in [0.25, 0.3) is 0 Å². The van der Waals surface area contributed by atoms with Gasteiger partial charge in [-0.05, 0) is 57.7 Å². The molecule has 2 aromatic rings. The van der Waals surface area contributed by atoms with Crippen LogP contribution in [0, 0.1) is 12.7 Å². The minimum atomic E-state index is -0.138. The van der Waals surface area contributed by atoms with Gasteiger partial charge >= 0.3 is 0 Å². The molecule has 0 spiro atoms. The number of benzene rings is 1. The lowest BCUT2D eigenvalue weighted by Gasteiger charge is -2.35. The number of aryl methyl sites for hydroxylation is 1. The molecule has 2 aliphatic rings. The van der Waals surface area contributed by atoms with Crippen LogP contribution in [0.1, 0.15) is 72.0 Å². The van der Waals surface area contributed by atoms with Crippen LogP contribution in [0.5, 0.6) is 0 Å². The summed E-state index contributed by atoms with van der Waals surface area (Å²) in [6, 6.07) is 5.73. The molecule has 2 fully saturated rings. The van der Waals surface area contributed by atoms with Crippen molar-refractivity contribution in [2.24, 2.45) is 0 Å². The van der Waals surface area contributed by atoms with Gasteiger partial charge in [-0.1, -0.05) is 12.5 Å². The van der Waals surface area contributed by atoms with Gasteiger partial charge in [0.25, 0.3) is 5.91 Å². The van der Waals surface area contributed by atoms with Crippen molar-refractivity contribution in [3.63, 3.8) is 0 Å². The average molecular weight is 440 g/mol. The summed E-state index contributed by atoms with van der Waals surface area (Å²) >= 11 is 0. The van der Waals surface area contributed by atoms with E-state index in [2.05, 4.69) is 25.8 Å². The number of carbonyl (C=O) groups is 1. The van der Waals surface area contributed by atoms with Crippen molar-refractivity contribution in [2.45, 2.75) is 58.0 Å². The Bertz CT molecular complexity index is 957. The second kappa shape index (κ2) is 9.94. The fourth-order valence-electron chi connectivity index (χ4n) is 4.80. The first-order valence-corrected chi connectivity index (χ1v) is 11.8. The molecule has 3 heterocycles. The summed E-state index contributed by atoms with van der Waals surface area (Å²) in [7, 11) is 3.45. The lowest BCUT2D eigenvalue weighted by Crippen LogP contribution is -2.35. The molecule has 4 rings (SSSR count). The van der Waals surface area contributed by atoms with E-state index in [9.17, 15) is 4.79 Å². The molecule has 0 unspecified atom stereocenters. The summed E-state index contributed by atoms with van der Waals surface area (Å²) in [5.41, 5.74) is 2.92. The highest BCUT2D eigenvalue weighted by Gasteiger charge is 2.28. The summed E-state index contributed by atoms with van der Waals surface area (Å²) in [5.74, 6) is 0.495. The Morgan fingerprint density at radius 2 is 1.88 bits per heavy atom. The van der Waals surface area contributed by atoms with E-state index in [1.165, 1.54) is 24.2 Å². The molecule has 172 valence electrons. The summed E-state index contributed by atoms with van der Waals surface area (Å²) in [5, 5.41) is 0. The van der Waals surface area contributed by atoms with Gasteiger partial charge in [0.05, 0.1) is 17.3 Å². The van der Waals surface area contributed by atoms with Crippen molar-refractivity contribution in [2.75, 3.05) is 38.6 Å². The van der Waals surface area contributed by atoms with E-state index in [4.69, 9.17) is 0 Å². The number of aromatic nitrogens is 2. The third-order valence-electron chi connectivity index (χ3n) is 6.68. The molecule has 1 atom stereocenters. The van der Waals surface area contributed by atoms with E-state index >= 15 is 4.39 Å². The Morgan fingerprint density at radius 3 is 2.56 bits per heavy atom. The minimum absolute atomic E-state index is 0.0344. The van der Waals surface area contributed by atoms with Gasteiger partial charge in [0.15, 0.2) is 0 Å². The highest BCUT2D eigenvalue weighted by molar-refractivity contribution is 5.94. The van der Waals surface area contributed by atoms with Crippen molar-refractivity contribution >= 4 is 11.6 Å². The number of hydrogen-bond donors (Lipinski definition) is 0. The van der Waals surface area contributed by atoms with Gasteiger partial charge in [-0.15, -0.1) is 0 Å². The molecular weight excluding hydrogens is 405 g/mol. The van der Waals surface area contributed by atoms with Crippen molar-refractivity contribution in [3.05, 3.63) is 52.9 Å². The van der Waals surface area contributed by atoms with Crippen LogP contribution in [-0.4, -0.2) is 59.4 Å². The largest absolute Gasteiger partial charge is 0.371 e. The van der Waals surface area contributed by atoms with Gasteiger partial charge in [0, 0.05) is 51.2 Å². The Kier molecular flexibility index (Phi) is 7.04. The van der Waals surface area contributed by atoms with Crippen LogP contribution in [-0.2, 0) is 6.54 Å². The molecule has 32 heavy (non-hydrogen) atoms. The monoisotopic (exact) mass is 439 g/mol. The number of rotatable bonds is 5. The van der Waals surface area contributed by atoms with Crippen LogP contribution in [0.15, 0.2) is 24.4 Å². The third kappa shape index (κ3) is 4.93. The quantitative estimate of drug-likeness (QED) is 0.694. The van der Waals surface area contributed by atoms with Gasteiger partial charge in [0.2, 0.25) is 0 Å². The normalized spacial score (nSPS) is 19.8. The summed E-state index contributed by atoms with van der Waals surface area (Å²) in [6.45, 7) is 5.30. The van der Waals surface area contributed by atoms with Gasteiger partial charge in [-0.25, -0.2) is 14.4 Å². The lowest BCUT2D eigenvalue weighted by molar-refractivity contribution is 0.0825. The SMILES string of the molecule is Cc1nc([C@H]2CCCCN2Cc2ccc(N3CCCCC3)cc2F)ncc1C(=O)N(C)C. The minimum Gasteiger partial charge on any atom is -0.371 e. The second-order valence-electron chi connectivity index (χ2n) is 9.23. The second-order valence-corrected chi connectivity index (χ2v) is 9.23. The third-order valence-corrected chi connectivity index (χ3v) is 6.68. The van der Waals surface area contributed by atoms with E-state index in [1.54, 1.807) is 26.4 Å². The number of halogens is 1. The Labute approximate surface area is 190 Å². The molecule has 7 heteroatoms. The van der Waals surface area contributed by atoms with E-state index in [-0.39, 0.29) is 17.8 Å². The van der Waals surface area contributed by atoms with E-state index in [1.807, 2.05) is 13.0 Å². The number of amides is 1. The van der Waals surface area contributed by atoms with Gasteiger partial charge in [-0.2, -0.15) is 0 Å². The maximum atomic E-state index is 15.0. The topological polar surface area (TPSA) is 52.6 Å². The smallest absolute Gasteiger partial charge is 0.256 e. The highest BCUT2D eigenvalue weighted by atomic mass is 19.1. The molecule has 0 aliphatic carbocycles. The maximum absolute atomic E-state index is 15.0. The first kappa shape index (κ1) is 22.6. The number of anilines is 1. The Balaban J connectivity index is 1.52. The van der Waals surface area contributed by atoms with Gasteiger partial charge < -0.3 is 9.80 Å². The zero-order valence-corrected chi connectivity index (χ0v) is 19.5. The molecule has 0 N–H and O–H groups in total. The highest BCUT2D eigenvalue weighted by Crippen LogP contribution is 2.32. The summed E-state index contributed by atoms with van der Waals surface area (Å²) in [4.78, 5) is 27.7. The van der Waals surface area contributed by atoms with E-state index in [0.717, 1.165) is 50.4 Å². The Hall–Kier alpha value is -2.54. The first-order valence-electron chi connectivity index (χ1n) is 11.8. The molecule has 0 bridgehead atoms.